The van der Waals surface area contributed by atoms with Crippen LogP contribution in [-0.2, 0) is 19.4 Å². The topological polar surface area (TPSA) is 122 Å². The fourth-order valence-corrected chi connectivity index (χ4v) is 3.14. The summed E-state index contributed by atoms with van der Waals surface area (Å²) in [4.78, 5) is 24.2. The third-order valence-electron chi connectivity index (χ3n) is 3.47. The molecule has 2 aromatic carbocycles. The SMILES string of the molecule is CS(=O)(=O)c1ccccc1NC(=O)COC(=O)c1ccccc1NCCO. The van der Waals surface area contributed by atoms with Gasteiger partial charge in [0.1, 0.15) is 0 Å². The number of anilines is 2. The summed E-state index contributed by atoms with van der Waals surface area (Å²) in [6, 6.07) is 12.5. The molecule has 0 saturated heterocycles. The molecule has 1 amide bonds. The molecule has 0 saturated carbocycles. The maximum atomic E-state index is 12.2. The lowest BCUT2D eigenvalue weighted by atomic mass is 10.2. The Labute approximate surface area is 157 Å². The number of carbonyl (C=O) groups is 2. The minimum atomic E-state index is -3.52. The molecule has 0 spiro atoms. The number of nitrogens with one attached hydrogen (secondary N) is 2. The van der Waals surface area contributed by atoms with E-state index < -0.39 is 28.3 Å². The van der Waals surface area contributed by atoms with Gasteiger partial charge in [0.25, 0.3) is 5.91 Å². The van der Waals surface area contributed by atoms with Crippen LogP contribution in [0.15, 0.2) is 53.4 Å². The Morgan fingerprint density at radius 3 is 2.33 bits per heavy atom. The highest BCUT2D eigenvalue weighted by Gasteiger charge is 2.17. The lowest BCUT2D eigenvalue weighted by Gasteiger charge is -2.12. The Morgan fingerprint density at radius 1 is 1.04 bits per heavy atom. The van der Waals surface area contributed by atoms with Crippen molar-refractivity contribution in [3.63, 3.8) is 0 Å². The van der Waals surface area contributed by atoms with Gasteiger partial charge in [-0.3, -0.25) is 4.79 Å². The van der Waals surface area contributed by atoms with E-state index in [0.29, 0.717) is 5.69 Å². The summed E-state index contributed by atoms with van der Waals surface area (Å²) < 4.78 is 28.5. The summed E-state index contributed by atoms with van der Waals surface area (Å²) in [6.07, 6.45) is 1.04. The minimum absolute atomic E-state index is 0.0248. The van der Waals surface area contributed by atoms with E-state index in [2.05, 4.69) is 10.6 Å². The van der Waals surface area contributed by atoms with E-state index in [0.717, 1.165) is 6.26 Å². The van der Waals surface area contributed by atoms with E-state index in [1.807, 2.05) is 0 Å². The van der Waals surface area contributed by atoms with Crippen LogP contribution in [0.25, 0.3) is 0 Å². The number of esters is 1. The number of sulfone groups is 1. The molecular weight excluding hydrogens is 372 g/mol. The number of ether oxygens (including phenoxy) is 1. The predicted molar refractivity (Wildman–Crippen MR) is 100 cm³/mol. The summed E-state index contributed by atoms with van der Waals surface area (Å²) in [7, 11) is -3.52. The summed E-state index contributed by atoms with van der Waals surface area (Å²) >= 11 is 0. The second-order valence-corrected chi connectivity index (χ2v) is 7.57. The molecule has 0 aliphatic heterocycles. The first-order chi connectivity index (χ1) is 12.8. The summed E-state index contributed by atoms with van der Waals surface area (Å²) in [5.41, 5.74) is 0.806. The zero-order valence-electron chi connectivity index (χ0n) is 14.6. The third-order valence-corrected chi connectivity index (χ3v) is 4.62. The van der Waals surface area contributed by atoms with Crippen molar-refractivity contribution in [2.75, 3.05) is 36.6 Å². The molecule has 27 heavy (non-hydrogen) atoms. The van der Waals surface area contributed by atoms with E-state index in [1.54, 1.807) is 30.3 Å². The number of aliphatic hydroxyl groups is 1. The van der Waals surface area contributed by atoms with Crippen molar-refractivity contribution in [1.29, 1.82) is 0 Å². The molecule has 0 aliphatic carbocycles. The molecule has 0 atom stereocenters. The molecule has 0 radical (unpaired) electrons. The van der Waals surface area contributed by atoms with Crippen molar-refractivity contribution in [3.8, 4) is 0 Å². The Balaban J connectivity index is 2.02. The molecule has 2 aromatic rings. The number of benzene rings is 2. The number of amides is 1. The predicted octanol–water partition coefficient (Wildman–Crippen LogP) is 1.29. The first-order valence-corrected chi connectivity index (χ1v) is 9.92. The van der Waals surface area contributed by atoms with Gasteiger partial charge in [-0.05, 0) is 24.3 Å². The van der Waals surface area contributed by atoms with Gasteiger partial charge < -0.3 is 20.5 Å². The largest absolute Gasteiger partial charge is 0.452 e. The third kappa shape index (κ3) is 5.80. The van der Waals surface area contributed by atoms with Crippen molar-refractivity contribution in [2.24, 2.45) is 0 Å². The molecule has 144 valence electrons. The van der Waals surface area contributed by atoms with Gasteiger partial charge in [0, 0.05) is 18.5 Å². The van der Waals surface area contributed by atoms with Crippen LogP contribution in [0.3, 0.4) is 0 Å². The van der Waals surface area contributed by atoms with Crippen LogP contribution in [0.1, 0.15) is 10.4 Å². The average molecular weight is 392 g/mol. The van der Waals surface area contributed by atoms with Crippen molar-refractivity contribution in [3.05, 3.63) is 54.1 Å². The first-order valence-electron chi connectivity index (χ1n) is 8.02. The van der Waals surface area contributed by atoms with Gasteiger partial charge in [-0.1, -0.05) is 24.3 Å². The number of para-hydroxylation sites is 2. The highest BCUT2D eigenvalue weighted by molar-refractivity contribution is 7.90. The zero-order chi connectivity index (χ0) is 19.9. The van der Waals surface area contributed by atoms with E-state index in [-0.39, 0.29) is 29.3 Å². The van der Waals surface area contributed by atoms with Gasteiger partial charge in [0.2, 0.25) is 0 Å². The number of rotatable bonds is 8. The van der Waals surface area contributed by atoms with E-state index in [4.69, 9.17) is 9.84 Å². The summed E-state index contributed by atoms with van der Waals surface area (Å²) in [6.45, 7) is -0.427. The number of aliphatic hydroxyl groups excluding tert-OH is 1. The van der Waals surface area contributed by atoms with Crippen LogP contribution < -0.4 is 10.6 Å². The molecule has 3 N–H and O–H groups in total. The van der Waals surface area contributed by atoms with Gasteiger partial charge in [0.15, 0.2) is 16.4 Å². The van der Waals surface area contributed by atoms with Gasteiger partial charge >= 0.3 is 5.97 Å². The van der Waals surface area contributed by atoms with Gasteiger partial charge in [0.05, 0.1) is 22.8 Å². The minimum Gasteiger partial charge on any atom is -0.452 e. The van der Waals surface area contributed by atoms with Crippen molar-refractivity contribution in [2.45, 2.75) is 4.90 Å². The Morgan fingerprint density at radius 2 is 1.67 bits per heavy atom. The second-order valence-electron chi connectivity index (χ2n) is 5.59. The van der Waals surface area contributed by atoms with E-state index in [1.165, 1.54) is 18.2 Å². The number of hydrogen-bond acceptors (Lipinski definition) is 7. The van der Waals surface area contributed by atoms with Crippen LogP contribution in [0.4, 0.5) is 11.4 Å². The number of hydrogen-bond donors (Lipinski definition) is 3. The van der Waals surface area contributed by atoms with Gasteiger partial charge in [-0.25, -0.2) is 13.2 Å². The van der Waals surface area contributed by atoms with Crippen molar-refractivity contribution >= 4 is 33.1 Å². The van der Waals surface area contributed by atoms with Gasteiger partial charge in [-0.2, -0.15) is 0 Å². The van der Waals surface area contributed by atoms with Crippen molar-refractivity contribution in [1.82, 2.24) is 0 Å². The van der Waals surface area contributed by atoms with Crippen LogP contribution in [0.2, 0.25) is 0 Å². The maximum Gasteiger partial charge on any atom is 0.340 e. The first kappa shape index (κ1) is 20.4. The van der Waals surface area contributed by atoms with E-state index in [9.17, 15) is 18.0 Å². The molecule has 0 heterocycles. The lowest BCUT2D eigenvalue weighted by molar-refractivity contribution is -0.119. The fraction of sp³-hybridized carbons (Fsp3) is 0.222. The molecule has 0 aliphatic rings. The molecule has 0 aromatic heterocycles. The monoisotopic (exact) mass is 392 g/mol. The molecule has 0 unspecified atom stereocenters. The molecule has 0 bridgehead atoms. The average Bonchev–Trinajstić information content (AvgIpc) is 2.64. The molecule has 8 nitrogen and oxygen atoms in total. The van der Waals surface area contributed by atoms with Crippen LogP contribution >= 0.6 is 0 Å². The molecule has 2 rings (SSSR count). The highest BCUT2D eigenvalue weighted by Crippen LogP contribution is 2.20. The Kier molecular flexibility index (Phi) is 6.91. The molecule has 9 heteroatoms. The fourth-order valence-electron chi connectivity index (χ4n) is 2.29. The summed E-state index contributed by atoms with van der Waals surface area (Å²) in [5, 5.41) is 14.2. The lowest BCUT2D eigenvalue weighted by Crippen LogP contribution is -2.22. The zero-order valence-corrected chi connectivity index (χ0v) is 15.5. The molecular formula is C18H20N2O6S. The summed E-state index contributed by atoms with van der Waals surface area (Å²) in [5.74, 6) is -1.39. The van der Waals surface area contributed by atoms with Crippen LogP contribution in [0.5, 0.6) is 0 Å². The number of carbonyl (C=O) groups excluding carboxylic acids is 2. The van der Waals surface area contributed by atoms with Crippen LogP contribution in [0, 0.1) is 0 Å². The quantitative estimate of drug-likeness (QED) is 0.579. The molecule has 0 fully saturated rings. The standard InChI is InChI=1S/C18H20N2O6S/c1-27(24,25)16-9-5-4-8-15(16)20-17(22)12-26-18(23)13-6-2-3-7-14(13)19-10-11-21/h2-9,19,21H,10-12H2,1H3,(H,20,22). The normalized spacial score (nSPS) is 10.9. The van der Waals surface area contributed by atoms with Gasteiger partial charge in [-0.15, -0.1) is 0 Å². The Bertz CT molecular complexity index is 927. The second kappa shape index (κ2) is 9.15. The smallest absolute Gasteiger partial charge is 0.340 e. The van der Waals surface area contributed by atoms with E-state index >= 15 is 0 Å². The maximum absolute atomic E-state index is 12.2. The van der Waals surface area contributed by atoms with Crippen LogP contribution in [-0.4, -0.2) is 51.4 Å². The highest BCUT2D eigenvalue weighted by atomic mass is 32.2. The Hall–Kier alpha value is -2.91. The van der Waals surface area contributed by atoms with Crippen molar-refractivity contribution < 1.29 is 27.9 Å².